The van der Waals surface area contributed by atoms with E-state index in [1.54, 1.807) is 6.20 Å². The first-order valence-electron chi connectivity index (χ1n) is 9.16. The molecule has 2 aliphatic rings. The Balaban J connectivity index is 1.57. The Morgan fingerprint density at radius 3 is 2.78 bits per heavy atom. The lowest BCUT2D eigenvalue weighted by molar-refractivity contribution is 0.130. The molecule has 5 rings (SSSR count). The zero-order valence-corrected chi connectivity index (χ0v) is 15.8. The summed E-state index contributed by atoms with van der Waals surface area (Å²) in [6.45, 7) is 3.05. The van der Waals surface area contributed by atoms with E-state index in [0.29, 0.717) is 30.6 Å². The molecule has 0 spiro atoms. The first-order valence-corrected chi connectivity index (χ1v) is 9.53. The first kappa shape index (κ1) is 16.9. The summed E-state index contributed by atoms with van der Waals surface area (Å²) in [7, 11) is 2.10. The number of aromatic nitrogens is 4. The number of halogens is 2. The highest BCUT2D eigenvalue weighted by atomic mass is 35.5. The van der Waals surface area contributed by atoms with Gasteiger partial charge in [0.1, 0.15) is 17.5 Å². The van der Waals surface area contributed by atoms with Gasteiger partial charge in [-0.05, 0) is 25.6 Å². The van der Waals surface area contributed by atoms with Gasteiger partial charge in [-0.15, -0.1) is 0 Å². The number of likely N-dealkylation sites (tertiary alicyclic amines) is 1. The molecule has 140 valence electrons. The molecule has 2 aliphatic heterocycles. The van der Waals surface area contributed by atoms with Gasteiger partial charge in [-0.1, -0.05) is 11.6 Å². The second-order valence-corrected chi connectivity index (χ2v) is 7.84. The summed E-state index contributed by atoms with van der Waals surface area (Å²) in [6, 6.07) is 4.22. The van der Waals surface area contributed by atoms with Gasteiger partial charge in [-0.3, -0.25) is 9.67 Å². The van der Waals surface area contributed by atoms with Gasteiger partial charge >= 0.3 is 0 Å². The molecule has 0 amide bonds. The molecule has 1 unspecified atom stereocenters. The summed E-state index contributed by atoms with van der Waals surface area (Å²) in [4.78, 5) is 13.4. The van der Waals surface area contributed by atoms with E-state index in [-0.39, 0.29) is 0 Å². The summed E-state index contributed by atoms with van der Waals surface area (Å²) < 4.78 is 15.6. The molecular formula is C19H20ClFN6. The molecule has 8 heteroatoms. The summed E-state index contributed by atoms with van der Waals surface area (Å²) in [5.41, 5.74) is 3.26. The molecule has 27 heavy (non-hydrogen) atoms. The molecule has 3 aromatic heterocycles. The van der Waals surface area contributed by atoms with Crippen molar-refractivity contribution in [3.05, 3.63) is 35.7 Å². The van der Waals surface area contributed by atoms with Gasteiger partial charge in [0.15, 0.2) is 0 Å². The zero-order chi connectivity index (χ0) is 18.5. The van der Waals surface area contributed by atoms with Crippen LogP contribution in [-0.2, 0) is 0 Å². The minimum atomic E-state index is -0.793. The minimum Gasteiger partial charge on any atom is -0.354 e. The minimum absolute atomic E-state index is 0.384. The van der Waals surface area contributed by atoms with Crippen molar-refractivity contribution in [2.75, 3.05) is 38.1 Å². The van der Waals surface area contributed by atoms with Crippen LogP contribution in [0.4, 0.5) is 10.2 Å². The van der Waals surface area contributed by atoms with Gasteiger partial charge in [0.05, 0.1) is 29.3 Å². The van der Waals surface area contributed by atoms with Crippen LogP contribution in [0, 0.1) is 0 Å². The third-order valence-corrected chi connectivity index (χ3v) is 5.70. The van der Waals surface area contributed by atoms with Crippen LogP contribution in [0.25, 0.3) is 22.2 Å². The van der Waals surface area contributed by atoms with Gasteiger partial charge in [0, 0.05) is 43.2 Å². The van der Waals surface area contributed by atoms with Crippen molar-refractivity contribution in [3.63, 3.8) is 0 Å². The third kappa shape index (κ3) is 2.95. The monoisotopic (exact) mass is 386 g/mol. The number of hydrogen-bond donors (Lipinski definition) is 0. The molecular weight excluding hydrogens is 367 g/mol. The number of anilines is 1. The van der Waals surface area contributed by atoms with Crippen molar-refractivity contribution in [3.8, 4) is 11.1 Å². The van der Waals surface area contributed by atoms with E-state index in [9.17, 15) is 4.39 Å². The Kier molecular flexibility index (Phi) is 4.02. The number of fused-ring (bicyclic) bond motifs is 1. The molecule has 3 aromatic rings. The van der Waals surface area contributed by atoms with Gasteiger partial charge < -0.3 is 9.80 Å². The Hall–Kier alpha value is -2.25. The fraction of sp³-hybridized carbons (Fsp3) is 0.421. The SMILES string of the molecule is CN1CC(n2cc(-c3c(Cl)cnc4ccc(N5CCC(F)C5)nc34)cn2)C1. The standard InChI is InChI=1S/C19H20ClFN6/c1-25-10-14(11-25)27-8-12(6-23-27)18-15(20)7-22-16-2-3-17(24-19(16)18)26-5-4-13(21)9-26/h2-3,6-8,13-14H,4-5,9-11H2,1H3. The number of nitrogens with zero attached hydrogens (tertiary/aromatic N) is 6. The van der Waals surface area contributed by atoms with Gasteiger partial charge in [0.2, 0.25) is 0 Å². The molecule has 0 N–H and O–H groups in total. The molecule has 0 radical (unpaired) electrons. The second kappa shape index (κ2) is 6.42. The Bertz CT molecular complexity index is 999. The van der Waals surface area contributed by atoms with Crippen LogP contribution in [0.15, 0.2) is 30.7 Å². The maximum Gasteiger partial charge on any atom is 0.129 e. The molecule has 6 nitrogen and oxygen atoms in total. The van der Waals surface area contributed by atoms with Crippen molar-refractivity contribution >= 4 is 28.5 Å². The molecule has 5 heterocycles. The average Bonchev–Trinajstić information content (AvgIpc) is 3.27. The van der Waals surface area contributed by atoms with E-state index >= 15 is 0 Å². The van der Waals surface area contributed by atoms with E-state index in [1.807, 2.05) is 34.1 Å². The highest BCUT2D eigenvalue weighted by Crippen LogP contribution is 2.35. The third-order valence-electron chi connectivity index (χ3n) is 5.42. The van der Waals surface area contributed by atoms with Gasteiger partial charge in [-0.2, -0.15) is 5.10 Å². The largest absolute Gasteiger partial charge is 0.354 e. The van der Waals surface area contributed by atoms with Crippen LogP contribution in [0.2, 0.25) is 5.02 Å². The second-order valence-electron chi connectivity index (χ2n) is 7.43. The Morgan fingerprint density at radius 1 is 1.19 bits per heavy atom. The highest BCUT2D eigenvalue weighted by molar-refractivity contribution is 6.34. The van der Waals surface area contributed by atoms with Crippen molar-refractivity contribution in [1.82, 2.24) is 24.6 Å². The number of rotatable bonds is 3. The van der Waals surface area contributed by atoms with Crippen molar-refractivity contribution in [2.24, 2.45) is 0 Å². The summed E-state index contributed by atoms with van der Waals surface area (Å²) >= 11 is 6.51. The summed E-state index contributed by atoms with van der Waals surface area (Å²) in [5.74, 6) is 0.765. The number of pyridine rings is 2. The smallest absolute Gasteiger partial charge is 0.129 e. The quantitative estimate of drug-likeness (QED) is 0.692. The molecule has 2 fully saturated rings. The van der Waals surface area contributed by atoms with E-state index in [2.05, 4.69) is 22.0 Å². The predicted molar refractivity (Wildman–Crippen MR) is 104 cm³/mol. The normalized spacial score (nSPS) is 21.1. The lowest BCUT2D eigenvalue weighted by atomic mass is 10.1. The molecule has 2 saturated heterocycles. The van der Waals surface area contributed by atoms with Gasteiger partial charge in [0.25, 0.3) is 0 Å². The van der Waals surface area contributed by atoms with E-state index in [0.717, 1.165) is 41.1 Å². The fourth-order valence-corrected chi connectivity index (χ4v) is 4.16. The molecule has 1 atom stereocenters. The zero-order valence-electron chi connectivity index (χ0n) is 15.0. The van der Waals surface area contributed by atoms with E-state index < -0.39 is 6.17 Å². The fourth-order valence-electron chi connectivity index (χ4n) is 3.91. The summed E-state index contributed by atoms with van der Waals surface area (Å²) in [6.07, 6.45) is 5.27. The van der Waals surface area contributed by atoms with Gasteiger partial charge in [-0.25, -0.2) is 9.37 Å². The van der Waals surface area contributed by atoms with Crippen LogP contribution in [0.1, 0.15) is 12.5 Å². The van der Waals surface area contributed by atoms with Crippen LogP contribution in [0.5, 0.6) is 0 Å². The summed E-state index contributed by atoms with van der Waals surface area (Å²) in [5, 5.41) is 5.07. The number of likely N-dealkylation sites (N-methyl/N-ethyl adjacent to an activating group) is 1. The molecule has 0 saturated carbocycles. The van der Waals surface area contributed by atoms with Crippen LogP contribution >= 0.6 is 11.6 Å². The highest BCUT2D eigenvalue weighted by Gasteiger charge is 2.27. The van der Waals surface area contributed by atoms with Crippen molar-refractivity contribution in [2.45, 2.75) is 18.6 Å². The van der Waals surface area contributed by atoms with Crippen LogP contribution in [0.3, 0.4) is 0 Å². The first-order chi connectivity index (χ1) is 13.1. The molecule has 0 aromatic carbocycles. The maximum absolute atomic E-state index is 13.6. The predicted octanol–water partition coefficient (Wildman–Crippen LogP) is 3.18. The van der Waals surface area contributed by atoms with Crippen LogP contribution < -0.4 is 4.90 Å². The van der Waals surface area contributed by atoms with Crippen molar-refractivity contribution < 1.29 is 4.39 Å². The van der Waals surface area contributed by atoms with Crippen molar-refractivity contribution in [1.29, 1.82) is 0 Å². The maximum atomic E-state index is 13.6. The Morgan fingerprint density at radius 2 is 2.04 bits per heavy atom. The average molecular weight is 387 g/mol. The Labute approximate surface area is 161 Å². The lowest BCUT2D eigenvalue weighted by Crippen LogP contribution is -2.45. The van der Waals surface area contributed by atoms with E-state index in [1.165, 1.54) is 0 Å². The topological polar surface area (TPSA) is 50.1 Å². The molecule has 0 aliphatic carbocycles. The number of hydrogen-bond acceptors (Lipinski definition) is 5. The van der Waals surface area contributed by atoms with Crippen LogP contribution in [-0.4, -0.2) is 64.0 Å². The molecule has 0 bridgehead atoms. The number of alkyl halides is 1. The van der Waals surface area contributed by atoms with E-state index in [4.69, 9.17) is 16.6 Å². The lowest BCUT2D eigenvalue weighted by Gasteiger charge is -2.36.